The van der Waals surface area contributed by atoms with Gasteiger partial charge in [-0.25, -0.2) is 4.68 Å². The summed E-state index contributed by atoms with van der Waals surface area (Å²) >= 11 is 15.1. The first kappa shape index (κ1) is 35.7. The molecule has 0 N–H and O–H groups in total. The largest absolute Gasteiger partial charge is 0.498 e. The van der Waals surface area contributed by atoms with Gasteiger partial charge < -0.3 is 9.64 Å². The lowest BCUT2D eigenvalue weighted by molar-refractivity contribution is -0.126. The number of carbonyl (C=O) groups excluding carboxylic acids is 1. The van der Waals surface area contributed by atoms with Crippen LogP contribution in [-0.2, 0) is 22.4 Å². The molecule has 0 spiro atoms. The van der Waals surface area contributed by atoms with Gasteiger partial charge in [-0.15, -0.1) is 5.10 Å². The lowest BCUT2D eigenvalue weighted by Crippen LogP contribution is -2.45. The average molecular weight is 789 g/mol. The van der Waals surface area contributed by atoms with Crippen LogP contribution in [0.2, 0.25) is 10.0 Å². The van der Waals surface area contributed by atoms with Crippen molar-refractivity contribution in [2.75, 3.05) is 13.7 Å². The number of aromatic nitrogens is 3. The van der Waals surface area contributed by atoms with Crippen molar-refractivity contribution in [3.8, 4) is 6.07 Å². The summed E-state index contributed by atoms with van der Waals surface area (Å²) in [6.45, 7) is 2.74. The van der Waals surface area contributed by atoms with Crippen LogP contribution in [-0.4, -0.2) is 45.0 Å². The van der Waals surface area contributed by atoms with Crippen molar-refractivity contribution < 1.29 is 9.53 Å². The number of hydrogen-bond donors (Lipinski definition) is 0. The number of ether oxygens (including phenoxy) is 1. The third kappa shape index (κ3) is 8.17. The second kappa shape index (κ2) is 16.7. The summed E-state index contributed by atoms with van der Waals surface area (Å²) in [6, 6.07) is 14.8. The van der Waals surface area contributed by atoms with E-state index in [9.17, 15) is 10.1 Å². The van der Waals surface area contributed by atoms with E-state index in [0.29, 0.717) is 51.9 Å². The van der Waals surface area contributed by atoms with E-state index in [1.54, 1.807) is 25.3 Å². The smallest absolute Gasteiger partial charge is 0.258 e. The highest BCUT2D eigenvalue weighted by Gasteiger charge is 2.59. The van der Waals surface area contributed by atoms with Crippen molar-refractivity contribution in [2.45, 2.75) is 108 Å². The molecule has 47 heavy (non-hydrogen) atoms. The number of methoxy groups -OCH3 is 1. The second-order valence-electron chi connectivity index (χ2n) is 12.9. The Morgan fingerprint density at radius 2 is 1.60 bits per heavy atom. The molecule has 2 aromatic carbocycles. The van der Waals surface area contributed by atoms with Gasteiger partial charge in [0.25, 0.3) is 5.91 Å². The molecule has 0 bridgehead atoms. The second-order valence-corrected chi connectivity index (χ2v) is 14.8. The minimum Gasteiger partial charge on any atom is -0.498 e. The number of nitrogens with zero attached hydrogens (tertiary/aromatic N) is 5. The maximum atomic E-state index is 14.3. The molecule has 2 aliphatic rings. The lowest BCUT2D eigenvalue weighted by atomic mass is 9.85. The summed E-state index contributed by atoms with van der Waals surface area (Å²) in [5, 5.41) is 19.5. The molecular formula is C37H44Cl2IN5O2. The SMILES string of the molecule is CCCCCCCCCCCCCc1nnn(C2CN3C(=O)C(c4cc(Cl)cc(Cl)c4)=C(OC)C3(Cc3ccc(C#N)cc3)C2)c1I. The number of fused-ring (bicyclic) bond motifs is 1. The molecule has 10 heteroatoms. The third-order valence-corrected chi connectivity index (χ3v) is 11.1. The number of hydrogen-bond acceptors (Lipinski definition) is 5. The molecule has 3 aromatic rings. The summed E-state index contributed by atoms with van der Waals surface area (Å²) in [6.07, 6.45) is 16.4. The fourth-order valence-corrected chi connectivity index (χ4v) is 8.65. The summed E-state index contributed by atoms with van der Waals surface area (Å²) in [5.41, 5.74) is 2.99. The van der Waals surface area contributed by atoms with Gasteiger partial charge in [-0.05, 0) is 76.9 Å². The fraction of sp³-hybridized carbons (Fsp3) is 0.514. The number of unbranched alkanes of at least 4 members (excludes halogenated alkanes) is 10. The Morgan fingerprint density at radius 3 is 2.19 bits per heavy atom. The van der Waals surface area contributed by atoms with Crippen LogP contribution in [0.3, 0.4) is 0 Å². The molecule has 1 fully saturated rings. The van der Waals surface area contributed by atoms with Gasteiger partial charge in [0.1, 0.15) is 15.0 Å². The Hall–Kier alpha value is -2.61. The van der Waals surface area contributed by atoms with Crippen LogP contribution in [0.25, 0.3) is 5.57 Å². The zero-order valence-corrected chi connectivity index (χ0v) is 31.1. The van der Waals surface area contributed by atoms with Crippen LogP contribution in [0.1, 0.15) is 112 Å². The van der Waals surface area contributed by atoms with E-state index in [1.807, 2.05) is 33.8 Å². The molecule has 2 atom stereocenters. The molecule has 5 rings (SSSR count). The zero-order chi connectivity index (χ0) is 33.4. The van der Waals surface area contributed by atoms with Crippen molar-refractivity contribution in [2.24, 2.45) is 0 Å². The van der Waals surface area contributed by atoms with Gasteiger partial charge in [0.15, 0.2) is 0 Å². The molecule has 1 amide bonds. The molecule has 1 saturated heterocycles. The van der Waals surface area contributed by atoms with Crippen LogP contribution in [0.15, 0.2) is 48.2 Å². The number of halogens is 3. The molecule has 7 nitrogen and oxygen atoms in total. The molecule has 1 aromatic heterocycles. The minimum absolute atomic E-state index is 0.0718. The van der Waals surface area contributed by atoms with E-state index in [0.717, 1.165) is 27.8 Å². The number of benzene rings is 2. The van der Waals surface area contributed by atoms with Crippen molar-refractivity contribution >= 4 is 57.3 Å². The highest BCUT2D eigenvalue weighted by atomic mass is 127. The first-order chi connectivity index (χ1) is 22.8. The number of rotatable bonds is 17. The standard InChI is InChI=1S/C37H44Cl2IN5O2/c1-3-4-5-6-7-8-9-10-11-12-13-14-32-35(40)45(43-42-32)31-23-37(22-26-15-17-27(24-41)18-16-26)34(47-2)33(36(46)44(37)25-31)28-19-29(38)21-30(39)20-28/h15-21,31H,3-14,22-23,25H2,1-2H3. The van der Waals surface area contributed by atoms with Crippen LogP contribution in [0.4, 0.5) is 0 Å². The maximum absolute atomic E-state index is 14.3. The van der Waals surface area contributed by atoms with E-state index in [4.69, 9.17) is 27.9 Å². The molecule has 2 unspecified atom stereocenters. The van der Waals surface area contributed by atoms with Gasteiger partial charge in [0.05, 0.1) is 36.1 Å². The third-order valence-electron chi connectivity index (χ3n) is 9.59. The zero-order valence-electron chi connectivity index (χ0n) is 27.4. The van der Waals surface area contributed by atoms with Crippen LogP contribution >= 0.6 is 45.8 Å². The topological polar surface area (TPSA) is 84.0 Å². The van der Waals surface area contributed by atoms with Gasteiger partial charge in [0, 0.05) is 29.4 Å². The molecule has 2 aliphatic heterocycles. The van der Waals surface area contributed by atoms with E-state index < -0.39 is 5.54 Å². The van der Waals surface area contributed by atoms with Crippen LogP contribution in [0.5, 0.6) is 0 Å². The van der Waals surface area contributed by atoms with E-state index >= 15 is 0 Å². The normalized spacial score (nSPS) is 19.0. The quantitative estimate of drug-likeness (QED) is 0.101. The van der Waals surface area contributed by atoms with Gasteiger partial charge >= 0.3 is 0 Å². The highest BCUT2D eigenvalue weighted by Crippen LogP contribution is 2.52. The minimum atomic E-state index is -0.750. The Morgan fingerprint density at radius 1 is 0.979 bits per heavy atom. The molecule has 3 heterocycles. The first-order valence-electron chi connectivity index (χ1n) is 17.0. The van der Waals surface area contributed by atoms with Gasteiger partial charge in [-0.1, -0.05) is 112 Å². The van der Waals surface area contributed by atoms with Crippen LogP contribution in [0, 0.1) is 15.0 Å². The van der Waals surface area contributed by atoms with E-state index in [2.05, 4.69) is 45.9 Å². The summed E-state index contributed by atoms with van der Waals surface area (Å²) in [5.74, 6) is 0.483. The summed E-state index contributed by atoms with van der Waals surface area (Å²) < 4.78 is 9.17. The molecular weight excluding hydrogens is 744 g/mol. The van der Waals surface area contributed by atoms with E-state index in [-0.39, 0.29) is 11.9 Å². The summed E-state index contributed by atoms with van der Waals surface area (Å²) in [7, 11) is 1.62. The highest BCUT2D eigenvalue weighted by molar-refractivity contribution is 14.1. The average Bonchev–Trinajstić information content (AvgIpc) is 3.68. The number of carbonyl (C=O) groups is 1. The molecule has 250 valence electrons. The van der Waals surface area contributed by atoms with Gasteiger partial charge in [-0.2, -0.15) is 5.26 Å². The Balaban J connectivity index is 1.31. The maximum Gasteiger partial charge on any atom is 0.258 e. The van der Waals surface area contributed by atoms with Crippen molar-refractivity contribution in [3.63, 3.8) is 0 Å². The molecule has 0 radical (unpaired) electrons. The number of aryl methyl sites for hydroxylation is 1. The van der Waals surface area contributed by atoms with Crippen molar-refractivity contribution in [1.82, 2.24) is 19.9 Å². The van der Waals surface area contributed by atoms with Crippen molar-refractivity contribution in [3.05, 3.63) is 84.4 Å². The van der Waals surface area contributed by atoms with Gasteiger partial charge in [0.2, 0.25) is 0 Å². The number of nitriles is 1. The molecule has 0 saturated carbocycles. The predicted octanol–water partition coefficient (Wildman–Crippen LogP) is 9.74. The van der Waals surface area contributed by atoms with Crippen molar-refractivity contribution in [1.29, 1.82) is 5.26 Å². The van der Waals surface area contributed by atoms with Gasteiger partial charge in [-0.3, -0.25) is 4.79 Å². The Bertz CT molecular complexity index is 1600. The number of amides is 1. The summed E-state index contributed by atoms with van der Waals surface area (Å²) in [4.78, 5) is 16.2. The molecule has 0 aliphatic carbocycles. The fourth-order valence-electron chi connectivity index (χ4n) is 7.26. The first-order valence-corrected chi connectivity index (χ1v) is 18.8. The lowest BCUT2D eigenvalue weighted by Gasteiger charge is -2.34. The monoisotopic (exact) mass is 787 g/mol. The predicted molar refractivity (Wildman–Crippen MR) is 196 cm³/mol. The van der Waals surface area contributed by atoms with Crippen LogP contribution < -0.4 is 0 Å². The van der Waals surface area contributed by atoms with E-state index in [1.165, 1.54) is 64.2 Å². The Kier molecular flexibility index (Phi) is 12.7. The Labute approximate surface area is 302 Å².